The molecule has 0 radical (unpaired) electrons. The molecule has 3 aromatic rings. The molecule has 1 atom stereocenters. The second-order valence-electron chi connectivity index (χ2n) is 10.4. The van der Waals surface area contributed by atoms with Gasteiger partial charge in [-0.05, 0) is 75.9 Å². The van der Waals surface area contributed by atoms with Gasteiger partial charge in [-0.2, -0.15) is 0 Å². The fourth-order valence-electron chi connectivity index (χ4n) is 4.35. The van der Waals surface area contributed by atoms with E-state index in [9.17, 15) is 18.0 Å². The molecule has 2 amide bonds. The molecule has 7 nitrogen and oxygen atoms in total. The number of amides is 2. The lowest BCUT2D eigenvalue weighted by Gasteiger charge is -2.32. The van der Waals surface area contributed by atoms with Crippen LogP contribution < -0.4 is 9.62 Å². The smallest absolute Gasteiger partial charge is 0.264 e. The summed E-state index contributed by atoms with van der Waals surface area (Å²) in [6.07, 6.45) is 1.77. The molecule has 3 rings (SSSR count). The number of anilines is 1. The minimum Gasteiger partial charge on any atom is -0.354 e. The van der Waals surface area contributed by atoms with Gasteiger partial charge in [-0.1, -0.05) is 73.0 Å². The lowest BCUT2D eigenvalue weighted by molar-refractivity contribution is -0.139. The van der Waals surface area contributed by atoms with Crippen molar-refractivity contribution in [1.82, 2.24) is 10.2 Å². The van der Waals surface area contributed by atoms with E-state index in [0.717, 1.165) is 40.7 Å². The van der Waals surface area contributed by atoms with Crippen LogP contribution in [0.5, 0.6) is 0 Å². The van der Waals surface area contributed by atoms with Crippen molar-refractivity contribution in [3.8, 4) is 0 Å². The topological polar surface area (TPSA) is 86.8 Å². The zero-order chi connectivity index (χ0) is 29.4. The number of unbranched alkanes of at least 4 members (excludes halogenated alkanes) is 1. The predicted octanol–water partition coefficient (Wildman–Crippen LogP) is 5.45. The van der Waals surface area contributed by atoms with E-state index in [1.54, 1.807) is 37.3 Å². The predicted molar refractivity (Wildman–Crippen MR) is 161 cm³/mol. The molecule has 0 bridgehead atoms. The van der Waals surface area contributed by atoms with E-state index < -0.39 is 28.5 Å². The van der Waals surface area contributed by atoms with Gasteiger partial charge in [0, 0.05) is 13.1 Å². The summed E-state index contributed by atoms with van der Waals surface area (Å²) in [7, 11) is -4.10. The maximum Gasteiger partial charge on any atom is 0.264 e. The number of rotatable bonds is 12. The number of hydrogen-bond acceptors (Lipinski definition) is 4. The number of nitrogens with zero attached hydrogens (tertiary/aromatic N) is 2. The molecule has 3 aromatic carbocycles. The van der Waals surface area contributed by atoms with Crippen molar-refractivity contribution in [1.29, 1.82) is 0 Å². The highest BCUT2D eigenvalue weighted by Crippen LogP contribution is 2.28. The fraction of sp³-hybridized carbons (Fsp3) is 0.375. The summed E-state index contributed by atoms with van der Waals surface area (Å²) in [4.78, 5) is 28.7. The van der Waals surface area contributed by atoms with E-state index in [4.69, 9.17) is 0 Å². The lowest BCUT2D eigenvalue weighted by Crippen LogP contribution is -2.51. The van der Waals surface area contributed by atoms with Gasteiger partial charge in [0.15, 0.2) is 0 Å². The Balaban J connectivity index is 2.04. The maximum absolute atomic E-state index is 14.0. The molecule has 40 heavy (non-hydrogen) atoms. The third-order valence-corrected chi connectivity index (χ3v) is 8.77. The average Bonchev–Trinajstić information content (AvgIpc) is 2.92. The van der Waals surface area contributed by atoms with Gasteiger partial charge in [0.1, 0.15) is 12.6 Å². The standard InChI is InChI=1S/C32H41N3O4S/c1-7-8-19-33-32(37)27(6)34(21-28-15-10-23(2)11-16-28)31(36)22-35(30-20-25(4)9-14-26(30)5)40(38,39)29-17-12-24(3)13-18-29/h9-18,20,27H,7-8,19,21-22H2,1-6H3,(H,33,37)/t27-/m1/s1. The number of carbonyl (C=O) groups is 2. The van der Waals surface area contributed by atoms with Crippen molar-refractivity contribution < 1.29 is 18.0 Å². The van der Waals surface area contributed by atoms with E-state index in [1.807, 2.05) is 71.0 Å². The first-order chi connectivity index (χ1) is 18.9. The highest BCUT2D eigenvalue weighted by Gasteiger charge is 2.33. The van der Waals surface area contributed by atoms with Crippen LogP contribution in [0.2, 0.25) is 0 Å². The molecule has 0 fully saturated rings. The Morgan fingerprint density at radius 1 is 0.850 bits per heavy atom. The molecule has 0 aliphatic heterocycles. The monoisotopic (exact) mass is 563 g/mol. The molecule has 8 heteroatoms. The summed E-state index contributed by atoms with van der Waals surface area (Å²) in [5.41, 5.74) is 4.90. The van der Waals surface area contributed by atoms with Gasteiger partial charge in [-0.3, -0.25) is 13.9 Å². The number of sulfonamides is 1. The molecule has 1 N–H and O–H groups in total. The normalized spacial score (nSPS) is 12.1. The van der Waals surface area contributed by atoms with Crippen molar-refractivity contribution in [3.05, 3.63) is 94.5 Å². The first-order valence-electron chi connectivity index (χ1n) is 13.7. The minimum atomic E-state index is -4.10. The van der Waals surface area contributed by atoms with Crippen LogP contribution in [0.25, 0.3) is 0 Å². The lowest BCUT2D eigenvalue weighted by atomic mass is 10.1. The number of aryl methyl sites for hydroxylation is 4. The van der Waals surface area contributed by atoms with E-state index in [-0.39, 0.29) is 17.3 Å². The molecule has 0 spiro atoms. The molecule has 0 saturated carbocycles. The van der Waals surface area contributed by atoms with E-state index >= 15 is 0 Å². The second kappa shape index (κ2) is 13.6. The van der Waals surface area contributed by atoms with Gasteiger partial charge in [0.05, 0.1) is 10.6 Å². The molecule has 0 aromatic heterocycles. The first kappa shape index (κ1) is 30.9. The number of carbonyl (C=O) groups excluding carboxylic acids is 2. The third kappa shape index (κ3) is 7.72. The van der Waals surface area contributed by atoms with Crippen molar-refractivity contribution in [2.75, 3.05) is 17.4 Å². The Hall–Kier alpha value is -3.65. The largest absolute Gasteiger partial charge is 0.354 e. The SMILES string of the molecule is CCCCNC(=O)[C@@H](C)N(Cc1ccc(C)cc1)C(=O)CN(c1cc(C)ccc1C)S(=O)(=O)c1ccc(C)cc1. The zero-order valence-electron chi connectivity index (χ0n) is 24.4. The number of hydrogen-bond donors (Lipinski definition) is 1. The van der Waals surface area contributed by atoms with Crippen LogP contribution >= 0.6 is 0 Å². The highest BCUT2D eigenvalue weighted by atomic mass is 32.2. The molecule has 0 unspecified atom stereocenters. The van der Waals surface area contributed by atoms with Crippen LogP contribution in [-0.4, -0.2) is 44.3 Å². The van der Waals surface area contributed by atoms with Crippen molar-refractivity contribution in [2.45, 2.75) is 71.9 Å². The summed E-state index contributed by atoms with van der Waals surface area (Å²) >= 11 is 0. The summed E-state index contributed by atoms with van der Waals surface area (Å²) in [5.74, 6) is -0.733. The van der Waals surface area contributed by atoms with Crippen LogP contribution in [0, 0.1) is 27.7 Å². The number of nitrogens with one attached hydrogen (secondary N) is 1. The van der Waals surface area contributed by atoms with Crippen molar-refractivity contribution in [3.63, 3.8) is 0 Å². The Morgan fingerprint density at radius 2 is 1.43 bits per heavy atom. The summed E-state index contributed by atoms with van der Waals surface area (Å²) < 4.78 is 29.2. The average molecular weight is 564 g/mol. The molecule has 0 aliphatic carbocycles. The quantitative estimate of drug-likeness (QED) is 0.297. The Labute approximate surface area is 239 Å². The van der Waals surface area contributed by atoms with Gasteiger partial charge in [-0.15, -0.1) is 0 Å². The fourth-order valence-corrected chi connectivity index (χ4v) is 5.82. The highest BCUT2D eigenvalue weighted by molar-refractivity contribution is 7.92. The zero-order valence-corrected chi connectivity index (χ0v) is 25.2. The van der Waals surface area contributed by atoms with Gasteiger partial charge < -0.3 is 10.2 Å². The van der Waals surface area contributed by atoms with Crippen LogP contribution in [0.1, 0.15) is 54.5 Å². The van der Waals surface area contributed by atoms with E-state index in [1.165, 1.54) is 9.21 Å². The molecular formula is C32H41N3O4S. The van der Waals surface area contributed by atoms with Crippen LogP contribution in [0.15, 0.2) is 71.6 Å². The van der Waals surface area contributed by atoms with E-state index in [0.29, 0.717) is 12.2 Å². The van der Waals surface area contributed by atoms with Crippen molar-refractivity contribution in [2.24, 2.45) is 0 Å². The van der Waals surface area contributed by atoms with E-state index in [2.05, 4.69) is 5.32 Å². The van der Waals surface area contributed by atoms with Gasteiger partial charge in [0.2, 0.25) is 11.8 Å². The maximum atomic E-state index is 14.0. The van der Waals surface area contributed by atoms with Crippen LogP contribution in [-0.2, 0) is 26.2 Å². The molecular weight excluding hydrogens is 522 g/mol. The van der Waals surface area contributed by atoms with Gasteiger partial charge in [0.25, 0.3) is 10.0 Å². The molecule has 0 aliphatic rings. The molecule has 0 saturated heterocycles. The van der Waals surface area contributed by atoms with Gasteiger partial charge >= 0.3 is 0 Å². The van der Waals surface area contributed by atoms with Crippen LogP contribution in [0.3, 0.4) is 0 Å². The summed E-state index contributed by atoms with van der Waals surface area (Å²) in [6, 6.07) is 19.1. The minimum absolute atomic E-state index is 0.0993. The third-order valence-electron chi connectivity index (χ3n) is 6.99. The Kier molecular flexibility index (Phi) is 10.5. The Morgan fingerprint density at radius 3 is 2.02 bits per heavy atom. The summed E-state index contributed by atoms with van der Waals surface area (Å²) in [6.45, 7) is 11.5. The first-order valence-corrected chi connectivity index (χ1v) is 15.2. The molecule has 214 valence electrons. The second-order valence-corrected chi connectivity index (χ2v) is 12.3. The number of benzene rings is 3. The molecule has 0 heterocycles. The van der Waals surface area contributed by atoms with Crippen molar-refractivity contribution >= 4 is 27.5 Å². The Bertz CT molecular complexity index is 1420. The van der Waals surface area contributed by atoms with Gasteiger partial charge in [-0.25, -0.2) is 8.42 Å². The van der Waals surface area contributed by atoms with Crippen LogP contribution in [0.4, 0.5) is 5.69 Å². The summed E-state index contributed by atoms with van der Waals surface area (Å²) in [5, 5.41) is 2.91.